The Morgan fingerprint density at radius 3 is 2.90 bits per heavy atom. The number of carbonyl (C=O) groups is 1. The predicted octanol–water partition coefficient (Wildman–Crippen LogP) is 1.72. The van der Waals surface area contributed by atoms with E-state index in [0.29, 0.717) is 16.4 Å². The fourth-order valence-electron chi connectivity index (χ4n) is 1.71. The van der Waals surface area contributed by atoms with Crippen molar-refractivity contribution in [2.75, 3.05) is 5.32 Å². The zero-order valence-electron chi connectivity index (χ0n) is 11.1. The largest absolute Gasteiger partial charge is 0.323 e. The molecule has 2 rings (SSSR count). The van der Waals surface area contributed by atoms with Crippen molar-refractivity contribution < 1.29 is 4.79 Å². The SMILES string of the molecule is Cc1ccc(=O)n(CC(=O)Nc2cc(Cl)ccc2C#N)n1. The molecule has 2 aromatic rings. The summed E-state index contributed by atoms with van der Waals surface area (Å²) >= 11 is 5.84. The van der Waals surface area contributed by atoms with E-state index in [1.165, 1.54) is 18.2 Å². The third kappa shape index (κ3) is 3.68. The van der Waals surface area contributed by atoms with Crippen molar-refractivity contribution in [1.29, 1.82) is 5.26 Å². The Kier molecular flexibility index (Phi) is 4.36. The smallest absolute Gasteiger partial charge is 0.267 e. The van der Waals surface area contributed by atoms with Gasteiger partial charge < -0.3 is 5.32 Å². The third-order valence-electron chi connectivity index (χ3n) is 2.67. The van der Waals surface area contributed by atoms with Gasteiger partial charge in [0.25, 0.3) is 5.56 Å². The first-order chi connectivity index (χ1) is 9.99. The van der Waals surface area contributed by atoms with Gasteiger partial charge in [0.2, 0.25) is 5.91 Å². The van der Waals surface area contributed by atoms with E-state index in [0.717, 1.165) is 4.68 Å². The van der Waals surface area contributed by atoms with Crippen LogP contribution in [0.1, 0.15) is 11.3 Å². The summed E-state index contributed by atoms with van der Waals surface area (Å²) in [5.41, 5.74) is 0.846. The van der Waals surface area contributed by atoms with Crippen LogP contribution in [0.15, 0.2) is 35.1 Å². The topological polar surface area (TPSA) is 87.8 Å². The summed E-state index contributed by atoms with van der Waals surface area (Å²) in [4.78, 5) is 23.5. The minimum atomic E-state index is -0.464. The first-order valence-electron chi connectivity index (χ1n) is 6.04. The number of hydrogen-bond donors (Lipinski definition) is 1. The summed E-state index contributed by atoms with van der Waals surface area (Å²) in [6, 6.07) is 9.41. The summed E-state index contributed by atoms with van der Waals surface area (Å²) in [7, 11) is 0. The molecule has 106 valence electrons. The molecular weight excluding hydrogens is 292 g/mol. The van der Waals surface area contributed by atoms with Gasteiger partial charge in [-0.3, -0.25) is 9.59 Å². The number of amides is 1. The Labute approximate surface area is 125 Å². The molecule has 7 heteroatoms. The molecule has 0 fully saturated rings. The molecule has 1 amide bonds. The van der Waals surface area contributed by atoms with Crippen LogP contribution in [0.3, 0.4) is 0 Å². The Balaban J connectivity index is 2.19. The molecule has 1 N–H and O–H groups in total. The van der Waals surface area contributed by atoms with E-state index in [1.54, 1.807) is 19.1 Å². The van der Waals surface area contributed by atoms with Gasteiger partial charge in [0.15, 0.2) is 0 Å². The number of nitrogens with zero attached hydrogens (tertiary/aromatic N) is 3. The van der Waals surface area contributed by atoms with Gasteiger partial charge in [-0.25, -0.2) is 4.68 Å². The van der Waals surface area contributed by atoms with E-state index >= 15 is 0 Å². The van der Waals surface area contributed by atoms with E-state index in [-0.39, 0.29) is 17.7 Å². The molecule has 0 atom stereocenters. The van der Waals surface area contributed by atoms with E-state index in [9.17, 15) is 9.59 Å². The fraction of sp³-hybridized carbons (Fsp3) is 0.143. The van der Waals surface area contributed by atoms with Gasteiger partial charge in [-0.15, -0.1) is 0 Å². The van der Waals surface area contributed by atoms with Crippen LogP contribution < -0.4 is 10.9 Å². The summed E-state index contributed by atoms with van der Waals surface area (Å²) in [6.45, 7) is 1.48. The van der Waals surface area contributed by atoms with Crippen LogP contribution in [0, 0.1) is 18.3 Å². The Hall–Kier alpha value is -2.65. The highest BCUT2D eigenvalue weighted by atomic mass is 35.5. The number of hydrogen-bond acceptors (Lipinski definition) is 4. The van der Waals surface area contributed by atoms with Crippen molar-refractivity contribution in [3.05, 3.63) is 57.0 Å². The van der Waals surface area contributed by atoms with Crippen molar-refractivity contribution in [3.63, 3.8) is 0 Å². The van der Waals surface area contributed by atoms with Gasteiger partial charge in [-0.05, 0) is 31.2 Å². The van der Waals surface area contributed by atoms with E-state index in [1.807, 2.05) is 6.07 Å². The molecule has 0 unspecified atom stereocenters. The lowest BCUT2D eigenvalue weighted by atomic mass is 10.2. The number of halogens is 1. The second-order valence-electron chi connectivity index (χ2n) is 4.32. The highest BCUT2D eigenvalue weighted by Crippen LogP contribution is 2.20. The maximum atomic E-state index is 12.0. The molecule has 0 saturated carbocycles. The molecule has 0 saturated heterocycles. The molecule has 1 aromatic heterocycles. The summed E-state index contributed by atoms with van der Waals surface area (Å²) in [5.74, 6) is -0.464. The molecule has 1 aromatic carbocycles. The number of nitriles is 1. The highest BCUT2D eigenvalue weighted by Gasteiger charge is 2.10. The second-order valence-corrected chi connectivity index (χ2v) is 4.76. The number of nitrogens with one attached hydrogen (secondary N) is 1. The van der Waals surface area contributed by atoms with Crippen molar-refractivity contribution in [3.8, 4) is 6.07 Å². The quantitative estimate of drug-likeness (QED) is 0.935. The zero-order chi connectivity index (χ0) is 15.4. The number of carbonyl (C=O) groups excluding carboxylic acids is 1. The molecule has 0 aliphatic carbocycles. The Bertz CT molecular complexity index is 792. The first kappa shape index (κ1) is 14.8. The zero-order valence-corrected chi connectivity index (χ0v) is 11.9. The van der Waals surface area contributed by atoms with Crippen LogP contribution in [-0.2, 0) is 11.3 Å². The lowest BCUT2D eigenvalue weighted by Crippen LogP contribution is -2.29. The van der Waals surface area contributed by atoms with E-state index in [2.05, 4.69) is 10.4 Å². The minimum Gasteiger partial charge on any atom is -0.323 e. The maximum absolute atomic E-state index is 12.0. The second kappa shape index (κ2) is 6.20. The normalized spacial score (nSPS) is 9.95. The van der Waals surface area contributed by atoms with Crippen molar-refractivity contribution in [2.24, 2.45) is 0 Å². The lowest BCUT2D eigenvalue weighted by Gasteiger charge is -2.08. The third-order valence-corrected chi connectivity index (χ3v) is 2.90. The molecule has 1 heterocycles. The molecule has 6 nitrogen and oxygen atoms in total. The van der Waals surface area contributed by atoms with Gasteiger partial charge in [-0.1, -0.05) is 11.6 Å². The van der Waals surface area contributed by atoms with Gasteiger partial charge in [0.1, 0.15) is 12.6 Å². The van der Waals surface area contributed by atoms with E-state index < -0.39 is 5.91 Å². The van der Waals surface area contributed by atoms with Gasteiger partial charge in [0.05, 0.1) is 16.9 Å². The van der Waals surface area contributed by atoms with E-state index in [4.69, 9.17) is 16.9 Å². The maximum Gasteiger partial charge on any atom is 0.267 e. The van der Waals surface area contributed by atoms with Gasteiger partial charge >= 0.3 is 0 Å². The average Bonchev–Trinajstić information content (AvgIpc) is 2.43. The molecule has 0 spiro atoms. The molecule has 21 heavy (non-hydrogen) atoms. The number of rotatable bonds is 3. The monoisotopic (exact) mass is 302 g/mol. The van der Waals surface area contributed by atoms with Gasteiger partial charge in [-0.2, -0.15) is 10.4 Å². The lowest BCUT2D eigenvalue weighted by molar-refractivity contribution is -0.117. The molecule has 0 aliphatic heterocycles. The van der Waals surface area contributed by atoms with Crippen LogP contribution in [0.5, 0.6) is 0 Å². The van der Waals surface area contributed by atoms with Crippen LogP contribution in [0.4, 0.5) is 5.69 Å². The Morgan fingerprint density at radius 2 is 2.19 bits per heavy atom. The van der Waals surface area contributed by atoms with Crippen molar-refractivity contribution >= 4 is 23.2 Å². The van der Waals surface area contributed by atoms with Crippen LogP contribution in [0.2, 0.25) is 5.02 Å². The fourth-order valence-corrected chi connectivity index (χ4v) is 1.88. The number of aryl methyl sites for hydroxylation is 1. The molecule has 0 radical (unpaired) electrons. The average molecular weight is 303 g/mol. The minimum absolute atomic E-state index is 0.238. The van der Waals surface area contributed by atoms with Crippen LogP contribution in [-0.4, -0.2) is 15.7 Å². The molecular formula is C14H11ClN4O2. The summed E-state index contributed by atoms with van der Waals surface area (Å²) < 4.78 is 1.06. The highest BCUT2D eigenvalue weighted by molar-refractivity contribution is 6.31. The van der Waals surface area contributed by atoms with Crippen molar-refractivity contribution in [2.45, 2.75) is 13.5 Å². The van der Waals surface area contributed by atoms with Crippen LogP contribution in [0.25, 0.3) is 0 Å². The number of benzene rings is 1. The van der Waals surface area contributed by atoms with Gasteiger partial charge in [0, 0.05) is 11.1 Å². The molecule has 0 bridgehead atoms. The standard InChI is InChI=1S/C14H11ClN4O2/c1-9-2-5-14(21)19(18-9)8-13(20)17-12-6-11(15)4-3-10(12)7-16/h2-6H,8H2,1H3,(H,17,20). The predicted molar refractivity (Wildman–Crippen MR) is 78.0 cm³/mol. The van der Waals surface area contributed by atoms with Crippen molar-refractivity contribution in [1.82, 2.24) is 9.78 Å². The Morgan fingerprint density at radius 1 is 1.43 bits per heavy atom. The number of aromatic nitrogens is 2. The summed E-state index contributed by atoms with van der Waals surface area (Å²) in [6.07, 6.45) is 0. The summed E-state index contributed by atoms with van der Waals surface area (Å²) in [5, 5.41) is 15.9. The first-order valence-corrected chi connectivity index (χ1v) is 6.41. The number of anilines is 1. The molecule has 0 aliphatic rings. The van der Waals surface area contributed by atoms with Crippen LogP contribution >= 0.6 is 11.6 Å².